The zero-order chi connectivity index (χ0) is 16.0. The molecule has 2 aromatic rings. The van der Waals surface area contributed by atoms with E-state index in [0.717, 1.165) is 29.8 Å². The molecule has 1 amide bonds. The maximum atomic E-state index is 12.7. The molecule has 2 fully saturated rings. The maximum absolute atomic E-state index is 12.7. The number of tetrazole rings is 1. The zero-order valence-corrected chi connectivity index (χ0v) is 14.2. The molecule has 0 aliphatic heterocycles. The van der Waals surface area contributed by atoms with Gasteiger partial charge in [-0.3, -0.25) is 4.79 Å². The summed E-state index contributed by atoms with van der Waals surface area (Å²) in [5.41, 5.74) is 8.90. The summed E-state index contributed by atoms with van der Waals surface area (Å²) in [7, 11) is 0. The summed E-state index contributed by atoms with van der Waals surface area (Å²) in [6.07, 6.45) is 4.94. The number of anilines is 1. The van der Waals surface area contributed by atoms with Gasteiger partial charge in [-0.05, 0) is 66.1 Å². The molecule has 2 aliphatic carbocycles. The molecule has 2 aliphatic rings. The van der Waals surface area contributed by atoms with Gasteiger partial charge in [-0.25, -0.2) is 4.68 Å². The van der Waals surface area contributed by atoms with E-state index in [-0.39, 0.29) is 30.3 Å². The zero-order valence-electron chi connectivity index (χ0n) is 13.4. The molecule has 1 aromatic heterocycles. The standard InChI is InChI=1S/C16H20N6O.ClH/c1-9-2-5-12(7-13(9)22-8-18-20-21-22)19-16(23)14-10-3-4-11(6-10)15(14)17;/h2,5,7-8,10-11,14-15H,3-4,6,17H2,1H3,(H,19,23);1H. The minimum absolute atomic E-state index is 0. The summed E-state index contributed by atoms with van der Waals surface area (Å²) < 4.78 is 1.59. The summed E-state index contributed by atoms with van der Waals surface area (Å²) in [6, 6.07) is 5.74. The van der Waals surface area contributed by atoms with Crippen LogP contribution in [0.2, 0.25) is 0 Å². The topological polar surface area (TPSA) is 98.7 Å². The first-order valence-electron chi connectivity index (χ1n) is 8.04. The number of hydrogen-bond acceptors (Lipinski definition) is 5. The molecule has 7 nitrogen and oxygen atoms in total. The van der Waals surface area contributed by atoms with Crippen LogP contribution in [0.5, 0.6) is 0 Å². The highest BCUT2D eigenvalue weighted by atomic mass is 35.5. The van der Waals surface area contributed by atoms with Crippen LogP contribution >= 0.6 is 12.4 Å². The number of halogens is 1. The fourth-order valence-electron chi connectivity index (χ4n) is 4.16. The van der Waals surface area contributed by atoms with E-state index < -0.39 is 0 Å². The lowest BCUT2D eigenvalue weighted by Gasteiger charge is -2.27. The van der Waals surface area contributed by atoms with Gasteiger partial charge in [-0.15, -0.1) is 17.5 Å². The highest BCUT2D eigenvalue weighted by Gasteiger charge is 2.49. The molecular weight excluding hydrogens is 328 g/mol. The molecule has 4 rings (SSSR count). The van der Waals surface area contributed by atoms with Gasteiger partial charge >= 0.3 is 0 Å². The second-order valence-corrected chi connectivity index (χ2v) is 6.68. The van der Waals surface area contributed by atoms with E-state index in [1.54, 1.807) is 11.0 Å². The number of aromatic nitrogens is 4. The van der Waals surface area contributed by atoms with Gasteiger partial charge in [-0.2, -0.15) is 0 Å². The van der Waals surface area contributed by atoms with Crippen LogP contribution in [0, 0.1) is 24.7 Å². The van der Waals surface area contributed by atoms with E-state index >= 15 is 0 Å². The number of nitrogens with two attached hydrogens (primary N) is 1. The molecule has 24 heavy (non-hydrogen) atoms. The molecule has 4 atom stereocenters. The third-order valence-corrected chi connectivity index (χ3v) is 5.36. The molecule has 0 radical (unpaired) electrons. The lowest BCUT2D eigenvalue weighted by Crippen LogP contribution is -2.42. The molecule has 2 saturated carbocycles. The number of benzene rings is 1. The molecule has 8 heteroatoms. The quantitative estimate of drug-likeness (QED) is 0.879. The first-order valence-corrected chi connectivity index (χ1v) is 8.04. The monoisotopic (exact) mass is 348 g/mol. The van der Waals surface area contributed by atoms with Crippen molar-refractivity contribution in [2.24, 2.45) is 23.5 Å². The smallest absolute Gasteiger partial charge is 0.229 e. The van der Waals surface area contributed by atoms with Crippen molar-refractivity contribution >= 4 is 24.0 Å². The molecule has 3 N–H and O–H groups in total. The highest BCUT2D eigenvalue weighted by molar-refractivity contribution is 5.94. The fraction of sp³-hybridized carbons (Fsp3) is 0.500. The first-order chi connectivity index (χ1) is 11.1. The third-order valence-electron chi connectivity index (χ3n) is 5.36. The summed E-state index contributed by atoms with van der Waals surface area (Å²) in [5.74, 6) is 0.938. The molecule has 1 heterocycles. The van der Waals surface area contributed by atoms with Crippen LogP contribution < -0.4 is 11.1 Å². The van der Waals surface area contributed by atoms with Gasteiger partial charge in [0.1, 0.15) is 6.33 Å². The first kappa shape index (κ1) is 16.9. The van der Waals surface area contributed by atoms with Gasteiger partial charge in [0.15, 0.2) is 0 Å². The van der Waals surface area contributed by atoms with Crippen LogP contribution in [0.3, 0.4) is 0 Å². The van der Waals surface area contributed by atoms with Crippen molar-refractivity contribution in [1.82, 2.24) is 20.2 Å². The highest BCUT2D eigenvalue weighted by Crippen LogP contribution is 2.47. The number of carbonyl (C=O) groups excluding carboxylic acids is 1. The molecule has 0 saturated heterocycles. The van der Waals surface area contributed by atoms with Crippen LogP contribution in [0.25, 0.3) is 5.69 Å². The van der Waals surface area contributed by atoms with Crippen molar-refractivity contribution in [2.75, 3.05) is 5.32 Å². The van der Waals surface area contributed by atoms with Gasteiger partial charge in [-0.1, -0.05) is 6.07 Å². The Morgan fingerprint density at radius 2 is 2.12 bits per heavy atom. The molecule has 4 unspecified atom stereocenters. The Bertz CT molecular complexity index is 732. The van der Waals surface area contributed by atoms with E-state index in [1.807, 2.05) is 25.1 Å². The summed E-state index contributed by atoms with van der Waals surface area (Å²) >= 11 is 0. The second kappa shape index (κ2) is 6.49. The largest absolute Gasteiger partial charge is 0.327 e. The summed E-state index contributed by atoms with van der Waals surface area (Å²) in [6.45, 7) is 1.98. The van der Waals surface area contributed by atoms with E-state index in [2.05, 4.69) is 20.8 Å². The van der Waals surface area contributed by atoms with E-state index in [4.69, 9.17) is 5.73 Å². The van der Waals surface area contributed by atoms with E-state index in [9.17, 15) is 4.79 Å². The van der Waals surface area contributed by atoms with Crippen LogP contribution in [0.15, 0.2) is 24.5 Å². The third kappa shape index (κ3) is 2.78. The van der Waals surface area contributed by atoms with Crippen molar-refractivity contribution < 1.29 is 4.79 Å². The Morgan fingerprint density at radius 3 is 2.79 bits per heavy atom. The van der Waals surface area contributed by atoms with Crippen molar-refractivity contribution in [2.45, 2.75) is 32.2 Å². The lowest BCUT2D eigenvalue weighted by atomic mass is 9.84. The fourth-order valence-corrected chi connectivity index (χ4v) is 4.16. The number of amides is 1. The average molecular weight is 349 g/mol. The SMILES string of the molecule is Cc1ccc(NC(=O)C2C3CCC(C3)C2N)cc1-n1cnnn1.Cl. The Morgan fingerprint density at radius 1 is 1.33 bits per heavy atom. The minimum Gasteiger partial charge on any atom is -0.327 e. The normalized spacial score (nSPS) is 27.8. The molecule has 1 aromatic carbocycles. The number of nitrogens with zero attached hydrogens (tertiary/aromatic N) is 4. The van der Waals surface area contributed by atoms with Gasteiger partial charge < -0.3 is 11.1 Å². The Kier molecular flexibility index (Phi) is 4.56. The van der Waals surface area contributed by atoms with E-state index in [0.29, 0.717) is 11.8 Å². The van der Waals surface area contributed by atoms with Crippen LogP contribution in [-0.4, -0.2) is 32.2 Å². The Labute approximate surface area is 146 Å². The minimum atomic E-state index is -0.0634. The molecule has 0 spiro atoms. The number of carbonyl (C=O) groups is 1. The average Bonchev–Trinajstić information content (AvgIpc) is 3.25. The number of fused-ring (bicyclic) bond motifs is 2. The Hall–Kier alpha value is -1.99. The second-order valence-electron chi connectivity index (χ2n) is 6.68. The van der Waals surface area contributed by atoms with Crippen LogP contribution in [-0.2, 0) is 4.79 Å². The predicted octanol–water partition coefficient (Wildman–Crippen LogP) is 1.70. The predicted molar refractivity (Wildman–Crippen MR) is 92.1 cm³/mol. The number of nitrogens with one attached hydrogen (secondary N) is 1. The van der Waals surface area contributed by atoms with Crippen molar-refractivity contribution in [3.05, 3.63) is 30.1 Å². The van der Waals surface area contributed by atoms with Gasteiger partial charge in [0, 0.05) is 11.7 Å². The van der Waals surface area contributed by atoms with Crippen molar-refractivity contribution in [3.8, 4) is 5.69 Å². The molecule has 128 valence electrons. The van der Waals surface area contributed by atoms with Crippen LogP contribution in [0.4, 0.5) is 5.69 Å². The summed E-state index contributed by atoms with van der Waals surface area (Å²) in [4.78, 5) is 12.7. The van der Waals surface area contributed by atoms with Gasteiger partial charge in [0.25, 0.3) is 0 Å². The molecular formula is C16H21ClN6O. The van der Waals surface area contributed by atoms with Gasteiger partial charge in [0.2, 0.25) is 5.91 Å². The lowest BCUT2D eigenvalue weighted by molar-refractivity contribution is -0.121. The number of aryl methyl sites for hydroxylation is 1. The number of rotatable bonds is 3. The molecule has 2 bridgehead atoms. The Balaban J connectivity index is 0.00000169. The van der Waals surface area contributed by atoms with E-state index in [1.165, 1.54) is 6.42 Å². The van der Waals surface area contributed by atoms with Crippen molar-refractivity contribution in [1.29, 1.82) is 0 Å². The number of hydrogen-bond donors (Lipinski definition) is 2. The van der Waals surface area contributed by atoms with Crippen molar-refractivity contribution in [3.63, 3.8) is 0 Å². The summed E-state index contributed by atoms with van der Waals surface area (Å²) in [5, 5.41) is 14.3. The van der Waals surface area contributed by atoms with Gasteiger partial charge in [0.05, 0.1) is 11.6 Å². The maximum Gasteiger partial charge on any atom is 0.229 e. The van der Waals surface area contributed by atoms with Crippen LogP contribution in [0.1, 0.15) is 24.8 Å².